The molecule has 0 N–H and O–H groups in total. The van der Waals surface area contributed by atoms with E-state index in [2.05, 4.69) is 4.98 Å². The Labute approximate surface area is 169 Å². The molecule has 0 aliphatic rings. The maximum atomic E-state index is 13.3. The molecule has 2 aromatic heterocycles. The van der Waals surface area contributed by atoms with Crippen LogP contribution < -0.4 is 5.56 Å². The topological polar surface area (TPSA) is 55.2 Å². The number of carbonyl (C=O) groups excluding carboxylic acids is 1. The molecular weight excluding hydrogens is 374 g/mol. The Hall–Kier alpha value is -2.66. The van der Waals surface area contributed by atoms with Crippen molar-refractivity contribution in [2.75, 3.05) is 0 Å². The van der Waals surface area contributed by atoms with Crippen LogP contribution in [0.4, 0.5) is 0 Å². The predicted octanol–water partition coefficient (Wildman–Crippen LogP) is 4.36. The fourth-order valence-electron chi connectivity index (χ4n) is 3.48. The van der Waals surface area contributed by atoms with E-state index in [9.17, 15) is 9.59 Å². The highest BCUT2D eigenvalue weighted by atomic mass is 35.5. The van der Waals surface area contributed by atoms with Crippen molar-refractivity contribution in [3.05, 3.63) is 75.2 Å². The Bertz CT molecular complexity index is 1050. The van der Waals surface area contributed by atoms with Gasteiger partial charge in [-0.1, -0.05) is 23.7 Å². The summed E-state index contributed by atoms with van der Waals surface area (Å²) in [5.41, 5.74) is 1.29. The van der Waals surface area contributed by atoms with Crippen LogP contribution in [0.25, 0.3) is 11.0 Å². The summed E-state index contributed by atoms with van der Waals surface area (Å²) in [5, 5.41) is 1.39. The summed E-state index contributed by atoms with van der Waals surface area (Å²) >= 11 is 5.97. The van der Waals surface area contributed by atoms with Crippen LogP contribution in [-0.2, 0) is 6.54 Å². The van der Waals surface area contributed by atoms with E-state index >= 15 is 0 Å². The van der Waals surface area contributed by atoms with Crippen molar-refractivity contribution >= 4 is 28.5 Å². The summed E-state index contributed by atoms with van der Waals surface area (Å²) in [6.45, 7) is 8.12. The number of benzene rings is 1. The normalized spacial score (nSPS) is 11.4. The van der Waals surface area contributed by atoms with Gasteiger partial charge in [0, 0.05) is 28.7 Å². The van der Waals surface area contributed by atoms with Crippen molar-refractivity contribution in [1.82, 2.24) is 14.5 Å². The number of halogens is 1. The number of fused-ring (bicyclic) bond motifs is 1. The average Bonchev–Trinajstić information content (AvgIpc) is 2.64. The number of rotatable bonds is 5. The van der Waals surface area contributed by atoms with Gasteiger partial charge in [0.15, 0.2) is 0 Å². The van der Waals surface area contributed by atoms with Crippen molar-refractivity contribution in [1.29, 1.82) is 0 Å². The minimum Gasteiger partial charge on any atom is -0.334 e. The van der Waals surface area contributed by atoms with E-state index in [1.54, 1.807) is 39.9 Å². The lowest BCUT2D eigenvalue weighted by molar-refractivity contribution is 0.0641. The Balaban J connectivity index is 2.17. The van der Waals surface area contributed by atoms with Crippen molar-refractivity contribution in [3.63, 3.8) is 0 Å². The van der Waals surface area contributed by atoms with Crippen LogP contribution >= 0.6 is 11.6 Å². The van der Waals surface area contributed by atoms with Gasteiger partial charge in [0.25, 0.3) is 11.5 Å². The number of nitrogens with zero attached hydrogens (tertiary/aromatic N) is 3. The van der Waals surface area contributed by atoms with Gasteiger partial charge in [0.2, 0.25) is 0 Å². The van der Waals surface area contributed by atoms with E-state index in [-0.39, 0.29) is 29.1 Å². The maximum absolute atomic E-state index is 13.3. The number of amides is 1. The fraction of sp³-hybridized carbons (Fsp3) is 0.318. The van der Waals surface area contributed by atoms with Gasteiger partial charge in [-0.15, -0.1) is 0 Å². The summed E-state index contributed by atoms with van der Waals surface area (Å²) in [4.78, 5) is 32.6. The monoisotopic (exact) mass is 397 g/mol. The van der Waals surface area contributed by atoms with E-state index in [0.717, 1.165) is 10.9 Å². The Morgan fingerprint density at radius 2 is 1.75 bits per heavy atom. The lowest BCUT2D eigenvalue weighted by Gasteiger charge is -2.30. The molecule has 28 heavy (non-hydrogen) atoms. The van der Waals surface area contributed by atoms with Crippen LogP contribution in [0.5, 0.6) is 0 Å². The Morgan fingerprint density at radius 1 is 1.11 bits per heavy atom. The molecule has 0 spiro atoms. The summed E-state index contributed by atoms with van der Waals surface area (Å²) < 4.78 is 1.56. The molecule has 1 aromatic carbocycles. The van der Waals surface area contributed by atoms with Gasteiger partial charge >= 0.3 is 0 Å². The standard InChI is InChI=1S/C22H24ClN3O2/c1-14(2)26(15(3)4)22(28)19-12-17-6-5-11-24-20(17)25(21(19)27)13-16-7-9-18(23)10-8-16/h5-12,14-15H,13H2,1-4H3. The highest BCUT2D eigenvalue weighted by Gasteiger charge is 2.25. The van der Waals surface area contributed by atoms with E-state index in [4.69, 9.17) is 11.6 Å². The van der Waals surface area contributed by atoms with E-state index in [1.807, 2.05) is 45.9 Å². The van der Waals surface area contributed by atoms with Crippen molar-refractivity contribution in [2.45, 2.75) is 46.3 Å². The molecule has 0 aliphatic heterocycles. The Kier molecular flexibility index (Phi) is 5.84. The molecule has 0 bridgehead atoms. The van der Waals surface area contributed by atoms with Gasteiger partial charge in [-0.3, -0.25) is 14.2 Å². The summed E-state index contributed by atoms with van der Waals surface area (Å²) in [6, 6.07) is 12.6. The molecule has 3 rings (SSSR count). The van der Waals surface area contributed by atoms with E-state index in [0.29, 0.717) is 17.2 Å². The molecule has 0 atom stereocenters. The molecule has 0 radical (unpaired) electrons. The third-order valence-electron chi connectivity index (χ3n) is 4.68. The minimum absolute atomic E-state index is 0.0128. The summed E-state index contributed by atoms with van der Waals surface area (Å²) in [5.74, 6) is -0.259. The molecule has 0 fully saturated rings. The number of pyridine rings is 2. The first-order chi connectivity index (χ1) is 13.3. The number of hydrogen-bond acceptors (Lipinski definition) is 3. The molecule has 1 amide bonds. The van der Waals surface area contributed by atoms with Crippen molar-refractivity contribution < 1.29 is 4.79 Å². The van der Waals surface area contributed by atoms with E-state index < -0.39 is 0 Å². The zero-order chi connectivity index (χ0) is 20.4. The molecule has 0 saturated heterocycles. The molecule has 146 valence electrons. The molecule has 5 nitrogen and oxygen atoms in total. The minimum atomic E-state index is -0.336. The van der Waals surface area contributed by atoms with Crippen LogP contribution in [0.3, 0.4) is 0 Å². The molecular formula is C22H24ClN3O2. The van der Waals surface area contributed by atoms with Gasteiger partial charge in [-0.05, 0) is 63.6 Å². The largest absolute Gasteiger partial charge is 0.334 e. The quantitative estimate of drug-likeness (QED) is 0.642. The van der Waals surface area contributed by atoms with Gasteiger partial charge in [-0.2, -0.15) is 0 Å². The first kappa shape index (κ1) is 20.1. The summed E-state index contributed by atoms with van der Waals surface area (Å²) in [7, 11) is 0. The van der Waals surface area contributed by atoms with E-state index in [1.165, 1.54) is 0 Å². The van der Waals surface area contributed by atoms with Gasteiger partial charge in [0.05, 0.1) is 6.54 Å². The lowest BCUT2D eigenvalue weighted by atomic mass is 10.1. The number of hydrogen-bond donors (Lipinski definition) is 0. The first-order valence-electron chi connectivity index (χ1n) is 9.35. The van der Waals surface area contributed by atoms with Gasteiger partial charge < -0.3 is 4.90 Å². The maximum Gasteiger partial charge on any atom is 0.265 e. The fourth-order valence-corrected chi connectivity index (χ4v) is 3.61. The average molecular weight is 398 g/mol. The second-order valence-corrected chi connectivity index (χ2v) is 7.83. The Morgan fingerprint density at radius 3 is 2.36 bits per heavy atom. The second-order valence-electron chi connectivity index (χ2n) is 7.39. The van der Waals surface area contributed by atoms with Crippen LogP contribution in [0.1, 0.15) is 43.6 Å². The first-order valence-corrected chi connectivity index (χ1v) is 9.73. The molecule has 0 aliphatic carbocycles. The zero-order valence-corrected chi connectivity index (χ0v) is 17.3. The number of carbonyl (C=O) groups is 1. The zero-order valence-electron chi connectivity index (χ0n) is 16.5. The highest BCUT2D eigenvalue weighted by Crippen LogP contribution is 2.17. The summed E-state index contributed by atoms with van der Waals surface area (Å²) in [6.07, 6.45) is 1.65. The van der Waals surface area contributed by atoms with Gasteiger partial charge in [-0.25, -0.2) is 4.98 Å². The smallest absolute Gasteiger partial charge is 0.265 e. The van der Waals surface area contributed by atoms with Crippen LogP contribution in [0, 0.1) is 0 Å². The van der Waals surface area contributed by atoms with Crippen molar-refractivity contribution in [2.24, 2.45) is 0 Å². The molecule has 0 unspecified atom stereocenters. The van der Waals surface area contributed by atoms with Gasteiger partial charge in [0.1, 0.15) is 11.2 Å². The second kappa shape index (κ2) is 8.15. The van der Waals surface area contributed by atoms with Crippen molar-refractivity contribution in [3.8, 4) is 0 Å². The molecule has 3 aromatic rings. The molecule has 0 saturated carbocycles. The van der Waals surface area contributed by atoms with Crippen LogP contribution in [0.2, 0.25) is 5.02 Å². The third-order valence-corrected chi connectivity index (χ3v) is 4.93. The molecule has 6 heteroatoms. The van der Waals surface area contributed by atoms with Crippen LogP contribution in [0.15, 0.2) is 53.5 Å². The lowest BCUT2D eigenvalue weighted by Crippen LogP contribution is -2.44. The third kappa shape index (κ3) is 3.94. The predicted molar refractivity (Wildman–Crippen MR) is 113 cm³/mol. The SMILES string of the molecule is CC(C)N(C(=O)c1cc2cccnc2n(Cc2ccc(Cl)cc2)c1=O)C(C)C. The number of aromatic nitrogens is 2. The highest BCUT2D eigenvalue weighted by molar-refractivity contribution is 6.30. The van der Waals surface area contributed by atoms with Crippen LogP contribution in [-0.4, -0.2) is 32.4 Å². The molecule has 2 heterocycles.